The molecule has 0 aliphatic heterocycles. The Morgan fingerprint density at radius 3 is 2.89 bits per heavy atom. The number of anilines is 1. The van der Waals surface area contributed by atoms with E-state index in [2.05, 4.69) is 20.6 Å². The van der Waals surface area contributed by atoms with E-state index in [9.17, 15) is 14.4 Å². The fourth-order valence-corrected chi connectivity index (χ4v) is 3.01. The molecule has 3 aromatic rings. The molecule has 0 aromatic carbocycles. The molecule has 0 unspecified atom stereocenters. The third-order valence-corrected chi connectivity index (χ3v) is 4.36. The number of H-pyrrole nitrogens is 1. The zero-order valence-corrected chi connectivity index (χ0v) is 15.0. The van der Waals surface area contributed by atoms with Crippen LogP contribution >= 0.6 is 11.3 Å². The largest absolute Gasteiger partial charge is 0.459 e. The average Bonchev–Trinajstić information content (AvgIpc) is 3.39. The number of hydrogen-bond donors (Lipinski definition) is 4. The Balaban J connectivity index is 1.43. The van der Waals surface area contributed by atoms with Crippen LogP contribution in [0, 0.1) is 0 Å². The summed E-state index contributed by atoms with van der Waals surface area (Å²) in [4.78, 5) is 41.9. The first kappa shape index (κ1) is 18.4. The second-order valence-corrected chi connectivity index (χ2v) is 6.45. The Morgan fingerprint density at radius 2 is 2.19 bits per heavy atom. The first-order valence-corrected chi connectivity index (χ1v) is 8.96. The maximum Gasteiger partial charge on any atom is 0.286 e. The number of hydrogen-bond acceptors (Lipinski definition) is 6. The Hall–Kier alpha value is -3.40. The molecular formula is C17H17N5O4S. The minimum Gasteiger partial charge on any atom is -0.459 e. The summed E-state index contributed by atoms with van der Waals surface area (Å²) in [5.74, 6) is -0.829. The number of amides is 3. The molecule has 0 atom stereocenters. The van der Waals surface area contributed by atoms with Crippen LogP contribution in [0.3, 0.4) is 0 Å². The lowest BCUT2D eigenvalue weighted by atomic mass is 10.2. The van der Waals surface area contributed by atoms with Gasteiger partial charge in [0, 0.05) is 30.1 Å². The van der Waals surface area contributed by atoms with Crippen molar-refractivity contribution >= 4 is 34.2 Å². The van der Waals surface area contributed by atoms with Gasteiger partial charge in [-0.1, -0.05) is 0 Å². The van der Waals surface area contributed by atoms with E-state index in [0.29, 0.717) is 35.0 Å². The standard InChI is InChI=1S/C17H17N5O4S/c18-15(24)11-7-10(8-20-11)12-9-27-17(21-12)22-14(23)4-1-5-19-16(25)13-3-2-6-26-13/h2-3,6-9,20H,1,4-5H2,(H2,18,24)(H,19,25)(H,21,22,23). The Kier molecular flexibility index (Phi) is 5.67. The van der Waals surface area contributed by atoms with Gasteiger partial charge in [-0.2, -0.15) is 0 Å². The van der Waals surface area contributed by atoms with Gasteiger partial charge in [0.05, 0.1) is 12.0 Å². The van der Waals surface area contributed by atoms with Crippen molar-refractivity contribution < 1.29 is 18.8 Å². The van der Waals surface area contributed by atoms with E-state index in [1.54, 1.807) is 29.8 Å². The predicted molar refractivity (Wildman–Crippen MR) is 99.3 cm³/mol. The fourth-order valence-electron chi connectivity index (χ4n) is 2.28. The highest BCUT2D eigenvalue weighted by molar-refractivity contribution is 7.14. The van der Waals surface area contributed by atoms with Crippen molar-refractivity contribution in [2.75, 3.05) is 11.9 Å². The van der Waals surface area contributed by atoms with Gasteiger partial charge in [0.15, 0.2) is 10.9 Å². The molecule has 10 heteroatoms. The molecule has 5 N–H and O–H groups in total. The van der Waals surface area contributed by atoms with Gasteiger partial charge < -0.3 is 25.8 Å². The van der Waals surface area contributed by atoms with E-state index in [-0.39, 0.29) is 24.0 Å². The SMILES string of the molecule is NC(=O)c1cc(-c2csc(NC(=O)CCCNC(=O)c3ccco3)n2)c[nH]1. The van der Waals surface area contributed by atoms with Gasteiger partial charge in [-0.25, -0.2) is 4.98 Å². The topological polar surface area (TPSA) is 143 Å². The zero-order chi connectivity index (χ0) is 19.2. The number of thiazole rings is 1. The molecule has 0 bridgehead atoms. The summed E-state index contributed by atoms with van der Waals surface area (Å²) in [6, 6.07) is 4.80. The van der Waals surface area contributed by atoms with E-state index in [1.807, 2.05) is 0 Å². The summed E-state index contributed by atoms with van der Waals surface area (Å²) in [6.07, 6.45) is 3.77. The molecule has 9 nitrogen and oxygen atoms in total. The van der Waals surface area contributed by atoms with E-state index < -0.39 is 5.91 Å². The first-order valence-electron chi connectivity index (χ1n) is 8.08. The maximum absolute atomic E-state index is 12.0. The molecule has 0 fully saturated rings. The summed E-state index contributed by atoms with van der Waals surface area (Å²) in [7, 11) is 0. The van der Waals surface area contributed by atoms with Crippen molar-refractivity contribution in [3.05, 3.63) is 47.5 Å². The normalized spacial score (nSPS) is 10.5. The van der Waals surface area contributed by atoms with Crippen LogP contribution < -0.4 is 16.4 Å². The fraction of sp³-hybridized carbons (Fsp3) is 0.176. The smallest absolute Gasteiger partial charge is 0.286 e. The van der Waals surface area contributed by atoms with E-state index >= 15 is 0 Å². The molecule has 3 rings (SSSR count). The van der Waals surface area contributed by atoms with Crippen LogP contribution in [0.25, 0.3) is 11.3 Å². The van der Waals surface area contributed by atoms with Crippen LogP contribution in [0.4, 0.5) is 5.13 Å². The van der Waals surface area contributed by atoms with Crippen molar-refractivity contribution in [2.24, 2.45) is 5.73 Å². The minimum absolute atomic E-state index is 0.199. The van der Waals surface area contributed by atoms with Gasteiger partial charge in [-0.05, 0) is 24.6 Å². The monoisotopic (exact) mass is 387 g/mol. The molecule has 140 valence electrons. The number of nitrogens with one attached hydrogen (secondary N) is 3. The molecular weight excluding hydrogens is 370 g/mol. The summed E-state index contributed by atoms with van der Waals surface area (Å²) in [5, 5.41) is 7.61. The first-order chi connectivity index (χ1) is 13.0. The van der Waals surface area contributed by atoms with Crippen molar-refractivity contribution in [3.8, 4) is 11.3 Å². The molecule has 0 spiro atoms. The lowest BCUT2D eigenvalue weighted by molar-refractivity contribution is -0.116. The number of carbonyl (C=O) groups excluding carboxylic acids is 3. The molecule has 3 aromatic heterocycles. The molecule has 0 aliphatic carbocycles. The predicted octanol–water partition coefficient (Wildman–Crippen LogP) is 1.98. The highest BCUT2D eigenvalue weighted by atomic mass is 32.1. The Morgan fingerprint density at radius 1 is 1.33 bits per heavy atom. The number of aromatic amines is 1. The number of rotatable bonds is 8. The van der Waals surface area contributed by atoms with Crippen LogP contribution in [-0.4, -0.2) is 34.2 Å². The van der Waals surface area contributed by atoms with E-state index in [1.165, 1.54) is 17.6 Å². The number of carbonyl (C=O) groups is 3. The maximum atomic E-state index is 12.0. The summed E-state index contributed by atoms with van der Waals surface area (Å²) in [5.41, 5.74) is 6.83. The van der Waals surface area contributed by atoms with Crippen molar-refractivity contribution in [1.82, 2.24) is 15.3 Å². The van der Waals surface area contributed by atoms with Crippen LogP contribution in [0.2, 0.25) is 0 Å². The van der Waals surface area contributed by atoms with E-state index in [4.69, 9.17) is 10.2 Å². The summed E-state index contributed by atoms with van der Waals surface area (Å²) < 4.78 is 4.98. The van der Waals surface area contributed by atoms with E-state index in [0.717, 1.165) is 0 Å². The van der Waals surface area contributed by atoms with Crippen molar-refractivity contribution in [2.45, 2.75) is 12.8 Å². The number of furan rings is 1. The van der Waals surface area contributed by atoms with Crippen molar-refractivity contribution in [1.29, 1.82) is 0 Å². The van der Waals surface area contributed by atoms with Crippen LogP contribution in [0.1, 0.15) is 33.9 Å². The van der Waals surface area contributed by atoms with Crippen LogP contribution in [-0.2, 0) is 4.79 Å². The number of aromatic nitrogens is 2. The molecule has 0 radical (unpaired) electrons. The van der Waals surface area contributed by atoms with Gasteiger partial charge in [0.25, 0.3) is 11.8 Å². The quantitative estimate of drug-likeness (QED) is 0.437. The summed E-state index contributed by atoms with van der Waals surface area (Å²) in [6.45, 7) is 0.356. The van der Waals surface area contributed by atoms with Gasteiger partial charge in [-0.3, -0.25) is 14.4 Å². The summed E-state index contributed by atoms with van der Waals surface area (Å²) >= 11 is 1.28. The zero-order valence-electron chi connectivity index (χ0n) is 14.2. The Labute approximate surface area is 158 Å². The molecule has 0 saturated heterocycles. The lowest BCUT2D eigenvalue weighted by Crippen LogP contribution is -2.25. The van der Waals surface area contributed by atoms with Gasteiger partial charge in [0.2, 0.25) is 5.91 Å². The second kappa shape index (κ2) is 8.32. The van der Waals surface area contributed by atoms with Crippen molar-refractivity contribution in [3.63, 3.8) is 0 Å². The minimum atomic E-state index is -0.552. The molecule has 27 heavy (non-hydrogen) atoms. The van der Waals surface area contributed by atoms with Crippen LogP contribution in [0.15, 0.2) is 40.5 Å². The third-order valence-electron chi connectivity index (χ3n) is 3.61. The van der Waals surface area contributed by atoms with Crippen LogP contribution in [0.5, 0.6) is 0 Å². The average molecular weight is 387 g/mol. The second-order valence-electron chi connectivity index (χ2n) is 5.59. The number of nitrogens with zero attached hydrogens (tertiary/aromatic N) is 1. The molecule has 3 amide bonds. The highest BCUT2D eigenvalue weighted by Crippen LogP contribution is 2.25. The lowest BCUT2D eigenvalue weighted by Gasteiger charge is -2.03. The Bertz CT molecular complexity index is 944. The van der Waals surface area contributed by atoms with Gasteiger partial charge >= 0.3 is 0 Å². The highest BCUT2D eigenvalue weighted by Gasteiger charge is 2.12. The molecule has 0 saturated carbocycles. The number of primary amides is 1. The van der Waals surface area contributed by atoms with Gasteiger partial charge in [-0.15, -0.1) is 11.3 Å². The number of nitrogens with two attached hydrogens (primary N) is 1. The third kappa shape index (κ3) is 4.82. The van der Waals surface area contributed by atoms with Gasteiger partial charge in [0.1, 0.15) is 5.69 Å². The molecule has 3 heterocycles. The molecule has 0 aliphatic rings.